The molecule has 9 heteroatoms. The number of nitrogens with one attached hydrogen (secondary N) is 1. The van der Waals surface area contributed by atoms with Crippen LogP contribution in [-0.2, 0) is 6.54 Å². The van der Waals surface area contributed by atoms with Crippen LogP contribution in [0.2, 0.25) is 0 Å². The number of methoxy groups -OCH3 is 2. The first kappa shape index (κ1) is 17.2. The Morgan fingerprint density at radius 1 is 1.19 bits per heavy atom. The summed E-state index contributed by atoms with van der Waals surface area (Å²) < 4.78 is 11.7. The largest absolute Gasteiger partial charge is 0.493 e. The Morgan fingerprint density at radius 2 is 2.00 bits per heavy atom. The summed E-state index contributed by atoms with van der Waals surface area (Å²) in [6.07, 6.45) is 1.44. The molecular weight excluding hydrogens is 340 g/mol. The molecule has 0 fully saturated rings. The highest BCUT2D eigenvalue weighted by molar-refractivity contribution is 5.60. The van der Waals surface area contributed by atoms with Crippen molar-refractivity contribution in [3.63, 3.8) is 0 Å². The summed E-state index contributed by atoms with van der Waals surface area (Å²) in [7, 11) is 3.02. The van der Waals surface area contributed by atoms with Crippen LogP contribution in [-0.4, -0.2) is 28.5 Å². The number of anilines is 1. The van der Waals surface area contributed by atoms with Gasteiger partial charge < -0.3 is 14.8 Å². The van der Waals surface area contributed by atoms with Gasteiger partial charge in [-0.3, -0.25) is 19.3 Å². The molecule has 0 aliphatic rings. The number of hydrogen-bond donors (Lipinski definition) is 1. The average Bonchev–Trinajstić information content (AvgIpc) is 2.65. The Morgan fingerprint density at radius 3 is 2.69 bits per heavy atom. The molecule has 0 radical (unpaired) electrons. The molecule has 3 rings (SSSR count). The summed E-state index contributed by atoms with van der Waals surface area (Å²) in [5, 5.41) is 14.3. The van der Waals surface area contributed by atoms with Crippen molar-refractivity contribution in [3.05, 3.63) is 68.6 Å². The molecule has 0 amide bonds. The van der Waals surface area contributed by atoms with E-state index in [1.54, 1.807) is 36.4 Å². The lowest BCUT2D eigenvalue weighted by Crippen LogP contribution is -2.21. The molecule has 0 aliphatic heterocycles. The maximum atomic E-state index is 12.4. The van der Waals surface area contributed by atoms with E-state index in [0.29, 0.717) is 22.7 Å². The van der Waals surface area contributed by atoms with Gasteiger partial charge in [0.05, 0.1) is 19.1 Å². The fourth-order valence-corrected chi connectivity index (χ4v) is 2.64. The van der Waals surface area contributed by atoms with Gasteiger partial charge in [0.15, 0.2) is 11.5 Å². The molecule has 0 bridgehead atoms. The number of fused-ring (bicyclic) bond motifs is 1. The molecule has 0 spiro atoms. The average molecular weight is 356 g/mol. The number of ether oxygens (including phenoxy) is 2. The summed E-state index contributed by atoms with van der Waals surface area (Å²) in [5.74, 6) is 0.937. The minimum Gasteiger partial charge on any atom is -0.493 e. The van der Waals surface area contributed by atoms with Gasteiger partial charge in [-0.2, -0.15) is 0 Å². The lowest BCUT2D eigenvalue weighted by molar-refractivity contribution is -0.385. The van der Waals surface area contributed by atoms with Crippen molar-refractivity contribution < 1.29 is 14.4 Å². The molecule has 0 unspecified atom stereocenters. The Hall–Kier alpha value is -3.62. The van der Waals surface area contributed by atoms with Crippen molar-refractivity contribution in [2.45, 2.75) is 6.54 Å². The van der Waals surface area contributed by atoms with Crippen LogP contribution in [0.15, 0.2) is 47.4 Å². The van der Waals surface area contributed by atoms with Gasteiger partial charge in [0, 0.05) is 18.3 Å². The fraction of sp³-hybridized carbons (Fsp3) is 0.176. The molecule has 1 aromatic carbocycles. The van der Waals surface area contributed by atoms with Crippen LogP contribution >= 0.6 is 0 Å². The minimum absolute atomic E-state index is 0.101. The van der Waals surface area contributed by atoms with E-state index >= 15 is 0 Å². The van der Waals surface area contributed by atoms with Gasteiger partial charge in [0.25, 0.3) is 0 Å². The van der Waals surface area contributed by atoms with Crippen molar-refractivity contribution in [1.29, 1.82) is 0 Å². The normalized spacial score (nSPS) is 10.5. The standard InChI is InChI=1S/C17H16N4O5/c1-25-12-7-5-6-11(15(12)26-2)10-18-16-14(21(23)24)17(22)20-9-4-3-8-13(20)19-16/h3-9,18H,10H2,1-2H3. The molecule has 0 aliphatic carbocycles. The lowest BCUT2D eigenvalue weighted by Gasteiger charge is -2.13. The van der Waals surface area contributed by atoms with E-state index in [0.717, 1.165) is 4.40 Å². The summed E-state index contributed by atoms with van der Waals surface area (Å²) in [4.78, 5) is 27.3. The quantitative estimate of drug-likeness (QED) is 0.533. The molecule has 0 saturated carbocycles. The molecule has 0 atom stereocenters. The second kappa shape index (κ2) is 7.09. The second-order valence-corrected chi connectivity index (χ2v) is 5.31. The Kier molecular flexibility index (Phi) is 4.70. The molecule has 26 heavy (non-hydrogen) atoms. The third-order valence-electron chi connectivity index (χ3n) is 3.82. The van der Waals surface area contributed by atoms with Crippen LogP contribution in [0.5, 0.6) is 11.5 Å². The summed E-state index contributed by atoms with van der Waals surface area (Å²) in [6.45, 7) is 0.163. The van der Waals surface area contributed by atoms with Gasteiger partial charge >= 0.3 is 11.2 Å². The maximum Gasteiger partial charge on any atom is 0.376 e. The van der Waals surface area contributed by atoms with Crippen LogP contribution in [0, 0.1) is 10.1 Å². The molecule has 9 nitrogen and oxygen atoms in total. The van der Waals surface area contributed by atoms with Gasteiger partial charge in [0.2, 0.25) is 5.82 Å². The lowest BCUT2D eigenvalue weighted by atomic mass is 10.2. The van der Waals surface area contributed by atoms with E-state index < -0.39 is 16.2 Å². The van der Waals surface area contributed by atoms with E-state index in [4.69, 9.17) is 9.47 Å². The zero-order chi connectivity index (χ0) is 18.7. The summed E-state index contributed by atoms with van der Waals surface area (Å²) in [5.41, 5.74) is -0.351. The first-order valence-electron chi connectivity index (χ1n) is 7.66. The monoisotopic (exact) mass is 356 g/mol. The second-order valence-electron chi connectivity index (χ2n) is 5.31. The topological polar surface area (TPSA) is 108 Å². The number of nitro groups is 1. The highest BCUT2D eigenvalue weighted by atomic mass is 16.6. The highest BCUT2D eigenvalue weighted by Crippen LogP contribution is 2.31. The number of pyridine rings is 1. The highest BCUT2D eigenvalue weighted by Gasteiger charge is 2.23. The Balaban J connectivity index is 2.03. The molecular formula is C17H16N4O5. The minimum atomic E-state index is -0.749. The van der Waals surface area contributed by atoms with Crippen LogP contribution in [0.1, 0.15) is 5.56 Å². The third-order valence-corrected chi connectivity index (χ3v) is 3.82. The van der Waals surface area contributed by atoms with Crippen molar-refractivity contribution in [2.75, 3.05) is 19.5 Å². The van der Waals surface area contributed by atoms with Crippen molar-refractivity contribution in [1.82, 2.24) is 9.38 Å². The van der Waals surface area contributed by atoms with Gasteiger partial charge in [0.1, 0.15) is 5.65 Å². The first-order valence-corrected chi connectivity index (χ1v) is 7.66. The van der Waals surface area contributed by atoms with E-state index in [9.17, 15) is 14.9 Å². The number of hydrogen-bond acceptors (Lipinski definition) is 7. The predicted molar refractivity (Wildman–Crippen MR) is 95.0 cm³/mol. The fourth-order valence-electron chi connectivity index (χ4n) is 2.64. The summed E-state index contributed by atoms with van der Waals surface area (Å²) in [6, 6.07) is 10.2. The zero-order valence-corrected chi connectivity index (χ0v) is 14.1. The Labute approximate surface area is 148 Å². The smallest absolute Gasteiger partial charge is 0.376 e. The van der Waals surface area contributed by atoms with E-state index in [2.05, 4.69) is 10.3 Å². The van der Waals surface area contributed by atoms with Crippen LogP contribution in [0.3, 0.4) is 0 Å². The van der Waals surface area contributed by atoms with Gasteiger partial charge in [-0.25, -0.2) is 4.98 Å². The molecule has 0 saturated heterocycles. The van der Waals surface area contributed by atoms with Crippen LogP contribution < -0.4 is 20.3 Å². The number of nitrogens with zero attached hydrogens (tertiary/aromatic N) is 3. The molecule has 2 heterocycles. The van der Waals surface area contributed by atoms with E-state index in [1.807, 2.05) is 0 Å². The van der Waals surface area contributed by atoms with Crippen LogP contribution in [0.25, 0.3) is 5.65 Å². The van der Waals surface area contributed by atoms with Gasteiger partial charge in [-0.05, 0) is 18.2 Å². The number of benzene rings is 1. The number of rotatable bonds is 6. The van der Waals surface area contributed by atoms with Crippen LogP contribution in [0.4, 0.5) is 11.5 Å². The molecule has 2 aromatic heterocycles. The van der Waals surface area contributed by atoms with Gasteiger partial charge in [-0.15, -0.1) is 0 Å². The third kappa shape index (κ3) is 3.02. The molecule has 134 valence electrons. The number of para-hydroxylation sites is 1. The van der Waals surface area contributed by atoms with Crippen molar-refractivity contribution >= 4 is 17.2 Å². The molecule has 1 N–H and O–H groups in total. The zero-order valence-electron chi connectivity index (χ0n) is 14.1. The van der Waals surface area contributed by atoms with Crippen molar-refractivity contribution in [2.24, 2.45) is 0 Å². The SMILES string of the molecule is COc1cccc(CNc2nc3ccccn3c(=O)c2[N+](=O)[O-])c1OC. The van der Waals surface area contributed by atoms with E-state index in [-0.39, 0.29) is 12.4 Å². The van der Waals surface area contributed by atoms with E-state index in [1.165, 1.54) is 20.4 Å². The van der Waals surface area contributed by atoms with Gasteiger partial charge in [-0.1, -0.05) is 18.2 Å². The van der Waals surface area contributed by atoms with Crippen molar-refractivity contribution in [3.8, 4) is 11.5 Å². The maximum absolute atomic E-state index is 12.4. The number of aromatic nitrogens is 2. The first-order chi connectivity index (χ1) is 12.6. The molecule has 3 aromatic rings. The summed E-state index contributed by atoms with van der Waals surface area (Å²) >= 11 is 0. The Bertz CT molecular complexity index is 1030. The predicted octanol–water partition coefficient (Wildman–Crippen LogP) is 2.23.